The molecule has 0 aromatic rings. The van der Waals surface area contributed by atoms with Gasteiger partial charge in [-0.15, -0.1) is 0 Å². The maximum atomic E-state index is 12.1. The number of carbonyl (C=O) groups is 3. The maximum absolute atomic E-state index is 12.1. The minimum atomic E-state index is -4.73. The molecule has 0 aliphatic carbocycles. The zero-order valence-corrected chi connectivity index (χ0v) is 24.1. The number of unbranched alkanes of at least 4 members (excludes halogenated alkanes) is 4. The third kappa shape index (κ3) is 23.3. The van der Waals surface area contributed by atoms with Gasteiger partial charge in [-0.05, 0) is 44.9 Å². The van der Waals surface area contributed by atoms with E-state index in [9.17, 15) is 34.1 Å². The van der Waals surface area contributed by atoms with Gasteiger partial charge in [0.1, 0.15) is 12.7 Å². The first kappa shape index (κ1) is 36.7. The van der Waals surface area contributed by atoms with E-state index in [-0.39, 0.29) is 12.8 Å². The third-order valence-electron chi connectivity index (χ3n) is 5.19. The number of aliphatic carboxylic acids is 1. The van der Waals surface area contributed by atoms with Crippen LogP contribution in [0, 0.1) is 0 Å². The van der Waals surface area contributed by atoms with E-state index in [0.717, 1.165) is 44.9 Å². The molecule has 3 unspecified atom stereocenters. The second kappa shape index (κ2) is 23.6. The van der Waals surface area contributed by atoms with E-state index < -0.39 is 57.6 Å². The number of esters is 1. The van der Waals surface area contributed by atoms with Gasteiger partial charge < -0.3 is 25.2 Å². The van der Waals surface area contributed by atoms with Crippen molar-refractivity contribution >= 4 is 25.7 Å². The molecular formula is C27H46NO10P. The zero-order valence-electron chi connectivity index (χ0n) is 23.2. The van der Waals surface area contributed by atoms with Crippen LogP contribution in [0.15, 0.2) is 36.5 Å². The van der Waals surface area contributed by atoms with E-state index in [0.29, 0.717) is 12.8 Å². The second-order valence-electron chi connectivity index (χ2n) is 8.85. The number of nitrogens with one attached hydrogen (secondary N) is 1. The van der Waals surface area contributed by atoms with Gasteiger partial charge in [-0.25, -0.2) is 9.36 Å². The van der Waals surface area contributed by atoms with E-state index in [1.807, 2.05) is 6.92 Å². The highest BCUT2D eigenvalue weighted by atomic mass is 31.2. The maximum Gasteiger partial charge on any atom is 0.472 e. The number of phosphoric ester groups is 1. The predicted molar refractivity (Wildman–Crippen MR) is 148 cm³/mol. The van der Waals surface area contributed by atoms with Crippen LogP contribution in [0.2, 0.25) is 0 Å². The molecule has 0 saturated carbocycles. The lowest BCUT2D eigenvalue weighted by molar-refractivity contribution is -0.147. The molecule has 0 aliphatic rings. The summed E-state index contributed by atoms with van der Waals surface area (Å²) in [6.07, 6.45) is 19.1. The molecule has 1 amide bonds. The number of carbonyl (C=O) groups excluding carboxylic acids is 2. The highest BCUT2D eigenvalue weighted by molar-refractivity contribution is 7.47. The number of rotatable bonds is 24. The Hall–Kier alpha value is -2.30. The minimum absolute atomic E-state index is 0.109. The molecule has 0 aromatic heterocycles. The predicted octanol–water partition coefficient (Wildman–Crippen LogP) is 4.59. The second-order valence-corrected chi connectivity index (χ2v) is 10.3. The van der Waals surface area contributed by atoms with E-state index in [1.165, 1.54) is 0 Å². The number of aliphatic hydroxyl groups is 1. The SMILES string of the molecule is CC/C=C\C/C=C\C/C=C\CCCCCC(=O)NC(COP(=O)(O)OCC(O)COC(=O)CCCC)C(=O)O. The largest absolute Gasteiger partial charge is 0.480 e. The van der Waals surface area contributed by atoms with Gasteiger partial charge in [0.25, 0.3) is 0 Å². The Morgan fingerprint density at radius 3 is 2.13 bits per heavy atom. The molecule has 11 nitrogen and oxygen atoms in total. The summed E-state index contributed by atoms with van der Waals surface area (Å²) in [6.45, 7) is 2.08. The molecule has 0 fully saturated rings. The first-order valence-electron chi connectivity index (χ1n) is 13.5. The Kier molecular flexibility index (Phi) is 22.2. The number of phosphoric acid groups is 1. The van der Waals surface area contributed by atoms with Crippen LogP contribution in [0.25, 0.3) is 0 Å². The van der Waals surface area contributed by atoms with E-state index >= 15 is 0 Å². The lowest BCUT2D eigenvalue weighted by Crippen LogP contribution is -2.43. The third-order valence-corrected chi connectivity index (χ3v) is 6.14. The van der Waals surface area contributed by atoms with E-state index in [1.54, 1.807) is 0 Å². The van der Waals surface area contributed by atoms with Crippen molar-refractivity contribution < 1.29 is 47.8 Å². The molecule has 0 spiro atoms. The first-order valence-corrected chi connectivity index (χ1v) is 15.0. The summed E-state index contributed by atoms with van der Waals surface area (Å²) in [6, 6.07) is -1.56. The number of allylic oxidation sites excluding steroid dienone is 6. The van der Waals surface area contributed by atoms with Crippen molar-refractivity contribution in [3.8, 4) is 0 Å². The molecule has 0 radical (unpaired) electrons. The molecule has 0 bridgehead atoms. The average Bonchev–Trinajstić information content (AvgIpc) is 2.89. The monoisotopic (exact) mass is 575 g/mol. The summed E-state index contributed by atoms with van der Waals surface area (Å²) in [5.41, 5.74) is 0. The summed E-state index contributed by atoms with van der Waals surface area (Å²) in [5, 5.41) is 21.3. The van der Waals surface area contributed by atoms with Crippen molar-refractivity contribution in [2.75, 3.05) is 19.8 Å². The number of aliphatic hydroxyl groups excluding tert-OH is 1. The van der Waals surface area contributed by atoms with Gasteiger partial charge in [-0.2, -0.15) is 0 Å². The number of hydrogen-bond acceptors (Lipinski definition) is 8. The van der Waals surface area contributed by atoms with Crippen molar-refractivity contribution in [1.29, 1.82) is 0 Å². The van der Waals surface area contributed by atoms with Gasteiger partial charge in [0.05, 0.1) is 13.2 Å². The Balaban J connectivity index is 4.16. The highest BCUT2D eigenvalue weighted by Gasteiger charge is 2.28. The average molecular weight is 576 g/mol. The molecule has 12 heteroatoms. The first-order chi connectivity index (χ1) is 18.6. The van der Waals surface area contributed by atoms with Crippen LogP contribution in [0.4, 0.5) is 0 Å². The van der Waals surface area contributed by atoms with Crippen molar-refractivity contribution in [1.82, 2.24) is 5.32 Å². The Morgan fingerprint density at radius 2 is 1.49 bits per heavy atom. The van der Waals surface area contributed by atoms with Crippen LogP contribution in [0.5, 0.6) is 0 Å². The molecular weight excluding hydrogens is 529 g/mol. The van der Waals surface area contributed by atoms with Gasteiger partial charge in [0.15, 0.2) is 6.04 Å². The summed E-state index contributed by atoms with van der Waals surface area (Å²) < 4.78 is 26.1. The molecule has 0 aliphatic heterocycles. The van der Waals surface area contributed by atoms with E-state index in [2.05, 4.69) is 57.7 Å². The lowest BCUT2D eigenvalue weighted by Gasteiger charge is -2.18. The Morgan fingerprint density at radius 1 is 0.846 bits per heavy atom. The highest BCUT2D eigenvalue weighted by Crippen LogP contribution is 2.43. The van der Waals surface area contributed by atoms with E-state index in [4.69, 9.17) is 4.74 Å². The van der Waals surface area contributed by atoms with Crippen LogP contribution >= 0.6 is 7.82 Å². The zero-order chi connectivity index (χ0) is 29.4. The normalized spacial score (nSPS) is 15.0. The van der Waals surface area contributed by atoms with Crippen molar-refractivity contribution in [3.63, 3.8) is 0 Å². The van der Waals surface area contributed by atoms with Gasteiger partial charge in [-0.1, -0.05) is 63.1 Å². The van der Waals surface area contributed by atoms with Crippen LogP contribution in [-0.2, 0) is 32.7 Å². The molecule has 3 atom stereocenters. The van der Waals surface area contributed by atoms with Crippen LogP contribution in [0.3, 0.4) is 0 Å². The fourth-order valence-electron chi connectivity index (χ4n) is 3.01. The fraction of sp³-hybridized carbons (Fsp3) is 0.667. The van der Waals surface area contributed by atoms with Crippen molar-refractivity contribution in [3.05, 3.63) is 36.5 Å². The summed E-state index contributed by atoms with van der Waals surface area (Å²) in [7, 11) is -4.73. The molecule has 39 heavy (non-hydrogen) atoms. The van der Waals surface area contributed by atoms with Gasteiger partial charge >= 0.3 is 19.8 Å². The molecule has 0 aromatic carbocycles. The van der Waals surface area contributed by atoms with Crippen LogP contribution in [-0.4, -0.2) is 64.9 Å². The molecule has 0 heterocycles. The molecule has 0 saturated heterocycles. The quantitative estimate of drug-likeness (QED) is 0.0552. The topological polar surface area (TPSA) is 169 Å². The van der Waals surface area contributed by atoms with Gasteiger partial charge in [0, 0.05) is 12.8 Å². The number of carboxylic acid groups (broad SMARTS) is 1. The van der Waals surface area contributed by atoms with Crippen LogP contribution < -0.4 is 5.32 Å². The Labute approximate surface area is 231 Å². The van der Waals surface area contributed by atoms with Gasteiger partial charge in [-0.3, -0.25) is 18.6 Å². The van der Waals surface area contributed by atoms with Crippen LogP contribution in [0.1, 0.15) is 84.5 Å². The standard InChI is InChI=1S/C27H46NO10P/c1-3-5-7-8-9-10-11-12-13-14-15-16-17-18-25(30)28-24(27(32)33)22-38-39(34,35)37-21-23(29)20-36-26(31)19-6-4-2/h5,7,9-10,12-13,23-24,29H,3-4,6,8,11,14-22H2,1-2H3,(H,28,30)(H,32,33)(H,34,35)/b7-5-,10-9-,13-12-. The fourth-order valence-corrected chi connectivity index (χ4v) is 3.78. The summed E-state index contributed by atoms with van der Waals surface area (Å²) in [5.74, 6) is -2.47. The van der Waals surface area contributed by atoms with Gasteiger partial charge in [0.2, 0.25) is 5.91 Å². The Bertz CT molecular complexity index is 827. The number of ether oxygens (including phenoxy) is 1. The smallest absolute Gasteiger partial charge is 0.472 e. The summed E-state index contributed by atoms with van der Waals surface area (Å²) >= 11 is 0. The summed E-state index contributed by atoms with van der Waals surface area (Å²) in [4.78, 5) is 44.7. The van der Waals surface area contributed by atoms with Crippen molar-refractivity contribution in [2.45, 2.75) is 96.6 Å². The molecule has 224 valence electrons. The minimum Gasteiger partial charge on any atom is -0.480 e. The molecule has 0 rings (SSSR count). The molecule has 4 N–H and O–H groups in total. The number of hydrogen-bond donors (Lipinski definition) is 4. The lowest BCUT2D eigenvalue weighted by atomic mass is 10.1. The van der Waals surface area contributed by atoms with Crippen molar-refractivity contribution in [2.24, 2.45) is 0 Å². The number of amides is 1. The number of carboxylic acids is 1.